The fourth-order valence-electron chi connectivity index (χ4n) is 1.76. The summed E-state index contributed by atoms with van der Waals surface area (Å²) >= 11 is 6.17. The molecule has 0 radical (unpaired) electrons. The molecule has 0 saturated heterocycles. The smallest absolute Gasteiger partial charge is 0.244 e. The largest absolute Gasteiger partial charge is 0.491 e. The molecular weight excluding hydrogens is 302 g/mol. The summed E-state index contributed by atoms with van der Waals surface area (Å²) in [6.07, 6.45) is 3.20. The van der Waals surface area contributed by atoms with Gasteiger partial charge in [-0.25, -0.2) is 0 Å². The predicted molar refractivity (Wildman–Crippen MR) is 90.6 cm³/mol. The van der Waals surface area contributed by atoms with Crippen molar-refractivity contribution >= 4 is 23.6 Å². The zero-order valence-corrected chi connectivity index (χ0v) is 14.5. The van der Waals surface area contributed by atoms with Crippen molar-refractivity contribution in [2.24, 2.45) is 5.92 Å². The number of ether oxygens (including phenoxy) is 2. The summed E-state index contributed by atoms with van der Waals surface area (Å²) in [6.45, 7) is 8.50. The quantitative estimate of drug-likeness (QED) is 0.773. The van der Waals surface area contributed by atoms with Gasteiger partial charge in [0.05, 0.1) is 18.7 Å². The first kappa shape index (κ1) is 18.4. The molecule has 0 aliphatic carbocycles. The van der Waals surface area contributed by atoms with E-state index in [0.29, 0.717) is 29.0 Å². The van der Waals surface area contributed by atoms with Crippen molar-refractivity contribution in [3.63, 3.8) is 0 Å². The van der Waals surface area contributed by atoms with Crippen LogP contribution in [0.3, 0.4) is 0 Å². The zero-order chi connectivity index (χ0) is 16.7. The van der Waals surface area contributed by atoms with Crippen LogP contribution in [0.4, 0.5) is 0 Å². The minimum absolute atomic E-state index is 0.121. The normalized spacial score (nSPS) is 12.5. The Morgan fingerprint density at radius 3 is 2.59 bits per heavy atom. The molecule has 1 rings (SSSR count). The number of hydrogen-bond donors (Lipinski definition) is 1. The molecule has 0 fully saturated rings. The standard InChI is InChI=1S/C17H24ClNO3/c1-6-22-15-10-13(9-14(18)17(15)21-5)7-8-16(20)19-12(4)11(2)3/h7-12H,6H2,1-5H3,(H,19,20)/b8-7+. The van der Waals surface area contributed by atoms with Crippen LogP contribution in [0.25, 0.3) is 6.08 Å². The lowest BCUT2D eigenvalue weighted by molar-refractivity contribution is -0.117. The van der Waals surface area contributed by atoms with Crippen LogP contribution in [0.1, 0.15) is 33.3 Å². The van der Waals surface area contributed by atoms with Gasteiger partial charge in [0.15, 0.2) is 11.5 Å². The van der Waals surface area contributed by atoms with Gasteiger partial charge in [0.2, 0.25) is 5.91 Å². The lowest BCUT2D eigenvalue weighted by Gasteiger charge is -2.16. The highest BCUT2D eigenvalue weighted by Gasteiger charge is 2.11. The number of hydrogen-bond acceptors (Lipinski definition) is 3. The van der Waals surface area contributed by atoms with Crippen molar-refractivity contribution in [1.29, 1.82) is 0 Å². The van der Waals surface area contributed by atoms with Crippen LogP contribution in [0, 0.1) is 5.92 Å². The van der Waals surface area contributed by atoms with Gasteiger partial charge in [-0.15, -0.1) is 0 Å². The van der Waals surface area contributed by atoms with Crippen LogP contribution in [0.2, 0.25) is 5.02 Å². The molecule has 0 heterocycles. The van der Waals surface area contributed by atoms with E-state index in [9.17, 15) is 4.79 Å². The third-order valence-corrected chi connectivity index (χ3v) is 3.61. The van der Waals surface area contributed by atoms with Crippen LogP contribution < -0.4 is 14.8 Å². The van der Waals surface area contributed by atoms with Crippen molar-refractivity contribution in [2.75, 3.05) is 13.7 Å². The van der Waals surface area contributed by atoms with Crippen molar-refractivity contribution in [3.05, 3.63) is 28.8 Å². The monoisotopic (exact) mass is 325 g/mol. The minimum Gasteiger partial charge on any atom is -0.491 e. The van der Waals surface area contributed by atoms with Gasteiger partial charge in [-0.05, 0) is 43.5 Å². The van der Waals surface area contributed by atoms with E-state index in [1.54, 1.807) is 25.3 Å². The highest BCUT2D eigenvalue weighted by molar-refractivity contribution is 6.32. The lowest BCUT2D eigenvalue weighted by atomic mass is 10.1. The molecule has 22 heavy (non-hydrogen) atoms. The fraction of sp³-hybridized carbons (Fsp3) is 0.471. The molecule has 0 bridgehead atoms. The van der Waals surface area contributed by atoms with Gasteiger partial charge in [0.25, 0.3) is 0 Å². The summed E-state index contributed by atoms with van der Waals surface area (Å²) in [5, 5.41) is 3.36. The Labute approximate surface area is 137 Å². The average molecular weight is 326 g/mol. The number of carbonyl (C=O) groups excluding carboxylic acids is 1. The molecule has 1 amide bonds. The Bertz CT molecular complexity index is 541. The van der Waals surface area contributed by atoms with E-state index < -0.39 is 0 Å². The number of rotatable bonds is 7. The lowest BCUT2D eigenvalue weighted by Crippen LogP contribution is -2.34. The number of carbonyl (C=O) groups is 1. The highest BCUT2D eigenvalue weighted by Crippen LogP contribution is 2.36. The van der Waals surface area contributed by atoms with Gasteiger partial charge in [-0.3, -0.25) is 4.79 Å². The Morgan fingerprint density at radius 1 is 1.36 bits per heavy atom. The molecule has 5 heteroatoms. The van der Waals surface area contributed by atoms with E-state index in [4.69, 9.17) is 21.1 Å². The summed E-state index contributed by atoms with van der Waals surface area (Å²) < 4.78 is 10.7. The molecular formula is C17H24ClNO3. The van der Waals surface area contributed by atoms with E-state index >= 15 is 0 Å². The number of halogens is 1. The predicted octanol–water partition coefficient (Wildman–Crippen LogP) is 3.92. The molecule has 0 aliphatic rings. The number of amides is 1. The van der Waals surface area contributed by atoms with Crippen molar-refractivity contribution in [1.82, 2.24) is 5.32 Å². The first-order valence-corrected chi connectivity index (χ1v) is 7.75. The molecule has 1 aromatic carbocycles. The van der Waals surface area contributed by atoms with Gasteiger partial charge in [-0.1, -0.05) is 25.4 Å². The van der Waals surface area contributed by atoms with E-state index in [1.807, 2.05) is 13.8 Å². The molecule has 4 nitrogen and oxygen atoms in total. The second kappa shape index (κ2) is 8.69. The maximum absolute atomic E-state index is 11.9. The summed E-state index contributed by atoms with van der Waals surface area (Å²) in [7, 11) is 1.54. The molecule has 122 valence electrons. The first-order valence-electron chi connectivity index (χ1n) is 7.37. The first-order chi connectivity index (χ1) is 10.4. The van der Waals surface area contributed by atoms with Gasteiger partial charge in [0.1, 0.15) is 0 Å². The number of benzene rings is 1. The summed E-state index contributed by atoms with van der Waals surface area (Å²) in [4.78, 5) is 11.9. The van der Waals surface area contributed by atoms with E-state index in [1.165, 1.54) is 6.08 Å². The van der Waals surface area contributed by atoms with Crippen molar-refractivity contribution in [3.8, 4) is 11.5 Å². The third-order valence-electron chi connectivity index (χ3n) is 3.33. The average Bonchev–Trinajstić information content (AvgIpc) is 2.45. The van der Waals surface area contributed by atoms with Gasteiger partial charge < -0.3 is 14.8 Å². The molecule has 0 aromatic heterocycles. The van der Waals surface area contributed by atoms with Gasteiger partial charge in [-0.2, -0.15) is 0 Å². The number of nitrogens with one attached hydrogen (secondary N) is 1. The fourth-order valence-corrected chi connectivity index (χ4v) is 2.05. The molecule has 0 saturated carbocycles. The highest BCUT2D eigenvalue weighted by atomic mass is 35.5. The zero-order valence-electron chi connectivity index (χ0n) is 13.8. The van der Waals surface area contributed by atoms with Crippen molar-refractivity contribution in [2.45, 2.75) is 33.7 Å². The molecule has 1 unspecified atom stereocenters. The molecule has 1 atom stereocenters. The van der Waals surface area contributed by atoms with Crippen molar-refractivity contribution < 1.29 is 14.3 Å². The minimum atomic E-state index is -0.133. The molecule has 0 aliphatic heterocycles. The maximum Gasteiger partial charge on any atom is 0.244 e. The Balaban J connectivity index is 2.89. The van der Waals surface area contributed by atoms with E-state index in [0.717, 1.165) is 5.56 Å². The number of methoxy groups -OCH3 is 1. The van der Waals surface area contributed by atoms with Crippen LogP contribution in [0.5, 0.6) is 11.5 Å². The van der Waals surface area contributed by atoms with Gasteiger partial charge in [0, 0.05) is 12.1 Å². The van der Waals surface area contributed by atoms with Crippen LogP contribution in [-0.2, 0) is 4.79 Å². The Hall–Kier alpha value is -1.68. The van der Waals surface area contributed by atoms with E-state index in [-0.39, 0.29) is 11.9 Å². The topological polar surface area (TPSA) is 47.6 Å². The molecule has 1 N–H and O–H groups in total. The maximum atomic E-state index is 11.9. The summed E-state index contributed by atoms with van der Waals surface area (Å²) in [5.41, 5.74) is 0.779. The third kappa shape index (κ3) is 5.26. The van der Waals surface area contributed by atoms with Crippen LogP contribution >= 0.6 is 11.6 Å². The summed E-state index contributed by atoms with van der Waals surface area (Å²) in [6, 6.07) is 3.65. The Kier molecular flexibility index (Phi) is 7.25. The SMILES string of the molecule is CCOc1cc(/C=C/C(=O)NC(C)C(C)C)cc(Cl)c1OC. The Morgan fingerprint density at radius 2 is 2.05 bits per heavy atom. The van der Waals surface area contributed by atoms with E-state index in [2.05, 4.69) is 19.2 Å². The second-order valence-electron chi connectivity index (χ2n) is 5.34. The van der Waals surface area contributed by atoms with Crippen LogP contribution in [-0.4, -0.2) is 25.7 Å². The van der Waals surface area contributed by atoms with Crippen LogP contribution in [0.15, 0.2) is 18.2 Å². The van der Waals surface area contributed by atoms with Gasteiger partial charge >= 0.3 is 0 Å². The summed E-state index contributed by atoms with van der Waals surface area (Å²) in [5.74, 6) is 1.31. The molecule has 1 aromatic rings. The molecule has 0 spiro atoms. The second-order valence-corrected chi connectivity index (χ2v) is 5.75.